The zero-order valence-corrected chi connectivity index (χ0v) is 11.4. The third kappa shape index (κ3) is 2.66. The second-order valence-corrected chi connectivity index (χ2v) is 5.38. The van der Waals surface area contributed by atoms with Crippen molar-refractivity contribution in [3.8, 4) is 0 Å². The predicted molar refractivity (Wildman–Crippen MR) is 76.9 cm³/mol. The van der Waals surface area contributed by atoms with Crippen molar-refractivity contribution in [2.24, 2.45) is 5.73 Å². The summed E-state index contributed by atoms with van der Waals surface area (Å²) in [5.74, 6) is 0. The first-order valence-corrected chi connectivity index (χ1v) is 6.86. The number of likely N-dealkylation sites (N-methyl/N-ethyl adjacent to an activating group) is 1. The molecule has 0 aliphatic carbocycles. The number of hydrogen-bond donors (Lipinski definition) is 1. The number of benzene rings is 1. The van der Waals surface area contributed by atoms with Gasteiger partial charge in [0.1, 0.15) is 5.58 Å². The molecule has 0 atom stereocenters. The molecule has 0 amide bonds. The number of furan rings is 1. The van der Waals surface area contributed by atoms with Crippen LogP contribution < -0.4 is 5.73 Å². The van der Waals surface area contributed by atoms with Gasteiger partial charge in [-0.1, -0.05) is 6.07 Å². The summed E-state index contributed by atoms with van der Waals surface area (Å²) < 4.78 is 5.63. The highest BCUT2D eigenvalue weighted by atomic mass is 16.3. The highest BCUT2D eigenvalue weighted by Gasteiger charge is 2.16. The van der Waals surface area contributed by atoms with E-state index in [0.717, 1.165) is 43.9 Å². The SMILES string of the molecule is CN1CCN(Cc2coc3ccc(CN)cc23)CC1. The van der Waals surface area contributed by atoms with E-state index in [9.17, 15) is 0 Å². The first kappa shape index (κ1) is 12.7. The third-order valence-corrected chi connectivity index (χ3v) is 3.94. The molecule has 1 fully saturated rings. The Hall–Kier alpha value is -1.36. The fourth-order valence-electron chi connectivity index (χ4n) is 2.63. The predicted octanol–water partition coefficient (Wildman–Crippen LogP) is 1.64. The van der Waals surface area contributed by atoms with Crippen LogP contribution in [0.3, 0.4) is 0 Å². The van der Waals surface area contributed by atoms with E-state index >= 15 is 0 Å². The molecule has 0 unspecified atom stereocenters. The fourth-order valence-corrected chi connectivity index (χ4v) is 2.63. The van der Waals surface area contributed by atoms with Crippen LogP contribution in [0.15, 0.2) is 28.9 Å². The Balaban J connectivity index is 1.80. The van der Waals surface area contributed by atoms with Gasteiger partial charge < -0.3 is 15.1 Å². The molecule has 0 saturated carbocycles. The molecule has 2 N–H and O–H groups in total. The molecule has 2 aromatic rings. The summed E-state index contributed by atoms with van der Waals surface area (Å²) in [6.07, 6.45) is 1.89. The van der Waals surface area contributed by atoms with Gasteiger partial charge in [-0.05, 0) is 24.7 Å². The second-order valence-electron chi connectivity index (χ2n) is 5.38. The van der Waals surface area contributed by atoms with E-state index in [1.165, 1.54) is 10.9 Å². The van der Waals surface area contributed by atoms with Gasteiger partial charge in [0, 0.05) is 50.2 Å². The van der Waals surface area contributed by atoms with Crippen LogP contribution in [0, 0.1) is 0 Å². The van der Waals surface area contributed by atoms with Crippen molar-refractivity contribution < 1.29 is 4.42 Å². The van der Waals surface area contributed by atoms with Crippen LogP contribution in [-0.4, -0.2) is 43.0 Å². The van der Waals surface area contributed by atoms with Crippen molar-refractivity contribution >= 4 is 11.0 Å². The lowest BCUT2D eigenvalue weighted by Crippen LogP contribution is -2.43. The minimum absolute atomic E-state index is 0.578. The normalized spacial score (nSPS) is 18.2. The van der Waals surface area contributed by atoms with Gasteiger partial charge in [-0.15, -0.1) is 0 Å². The van der Waals surface area contributed by atoms with Crippen LogP contribution in [0.5, 0.6) is 0 Å². The van der Waals surface area contributed by atoms with Crippen molar-refractivity contribution in [1.29, 1.82) is 0 Å². The average Bonchev–Trinajstić information content (AvgIpc) is 2.84. The van der Waals surface area contributed by atoms with Crippen molar-refractivity contribution in [2.45, 2.75) is 13.1 Å². The van der Waals surface area contributed by atoms with Crippen LogP contribution in [0.1, 0.15) is 11.1 Å². The summed E-state index contributed by atoms with van der Waals surface area (Å²) in [4.78, 5) is 4.86. The summed E-state index contributed by atoms with van der Waals surface area (Å²) in [7, 11) is 2.18. The molecule has 0 spiro atoms. The minimum atomic E-state index is 0.578. The van der Waals surface area contributed by atoms with Gasteiger partial charge in [0.05, 0.1) is 6.26 Å². The maximum atomic E-state index is 5.71. The Morgan fingerprint density at radius 3 is 2.74 bits per heavy atom. The molecule has 4 heteroatoms. The lowest BCUT2D eigenvalue weighted by Gasteiger charge is -2.32. The summed E-state index contributed by atoms with van der Waals surface area (Å²) in [6.45, 7) is 6.08. The number of fused-ring (bicyclic) bond motifs is 1. The molecular weight excluding hydrogens is 238 g/mol. The van der Waals surface area contributed by atoms with Gasteiger partial charge in [0.25, 0.3) is 0 Å². The molecule has 4 nitrogen and oxygen atoms in total. The zero-order chi connectivity index (χ0) is 13.2. The monoisotopic (exact) mass is 259 g/mol. The molecule has 0 bridgehead atoms. The van der Waals surface area contributed by atoms with Crippen LogP contribution in [0.25, 0.3) is 11.0 Å². The molecule has 1 saturated heterocycles. The average molecular weight is 259 g/mol. The van der Waals surface area contributed by atoms with E-state index in [4.69, 9.17) is 10.2 Å². The Bertz CT molecular complexity index is 556. The number of rotatable bonds is 3. The van der Waals surface area contributed by atoms with E-state index in [1.807, 2.05) is 18.4 Å². The van der Waals surface area contributed by atoms with Crippen LogP contribution in [0.2, 0.25) is 0 Å². The lowest BCUT2D eigenvalue weighted by atomic mass is 10.1. The first-order chi connectivity index (χ1) is 9.26. The Morgan fingerprint density at radius 1 is 1.21 bits per heavy atom. The molecule has 102 valence electrons. The van der Waals surface area contributed by atoms with E-state index in [1.54, 1.807) is 0 Å². The largest absolute Gasteiger partial charge is 0.464 e. The summed E-state index contributed by atoms with van der Waals surface area (Å²) >= 11 is 0. The molecule has 1 aliphatic heterocycles. The quantitative estimate of drug-likeness (QED) is 0.910. The third-order valence-electron chi connectivity index (χ3n) is 3.94. The van der Waals surface area contributed by atoms with Gasteiger partial charge in [-0.25, -0.2) is 0 Å². The summed E-state index contributed by atoms with van der Waals surface area (Å²) in [5.41, 5.74) is 9.11. The van der Waals surface area contributed by atoms with E-state index < -0.39 is 0 Å². The first-order valence-electron chi connectivity index (χ1n) is 6.86. The van der Waals surface area contributed by atoms with Gasteiger partial charge in [0.2, 0.25) is 0 Å². The topological polar surface area (TPSA) is 45.6 Å². The maximum absolute atomic E-state index is 5.71. The van der Waals surface area contributed by atoms with Crippen LogP contribution in [-0.2, 0) is 13.1 Å². The number of nitrogens with two attached hydrogens (primary N) is 1. The molecule has 3 rings (SSSR count). The van der Waals surface area contributed by atoms with Crippen molar-refractivity contribution in [1.82, 2.24) is 9.80 Å². The zero-order valence-electron chi connectivity index (χ0n) is 11.4. The highest BCUT2D eigenvalue weighted by Crippen LogP contribution is 2.24. The van der Waals surface area contributed by atoms with Crippen molar-refractivity contribution in [3.63, 3.8) is 0 Å². The molecule has 1 aliphatic rings. The van der Waals surface area contributed by atoms with Crippen LogP contribution in [0.4, 0.5) is 0 Å². The molecule has 1 aromatic carbocycles. The summed E-state index contributed by atoms with van der Waals surface area (Å²) in [5, 5.41) is 1.21. The van der Waals surface area contributed by atoms with Gasteiger partial charge in [0.15, 0.2) is 0 Å². The number of hydrogen-bond acceptors (Lipinski definition) is 4. The Labute approximate surface area is 113 Å². The fraction of sp³-hybridized carbons (Fsp3) is 0.467. The van der Waals surface area contributed by atoms with Gasteiger partial charge >= 0.3 is 0 Å². The number of piperazine rings is 1. The number of nitrogens with zero attached hydrogens (tertiary/aromatic N) is 2. The maximum Gasteiger partial charge on any atom is 0.134 e. The van der Waals surface area contributed by atoms with E-state index in [0.29, 0.717) is 6.54 Å². The van der Waals surface area contributed by atoms with Crippen molar-refractivity contribution in [2.75, 3.05) is 33.2 Å². The minimum Gasteiger partial charge on any atom is -0.464 e. The van der Waals surface area contributed by atoms with Crippen molar-refractivity contribution in [3.05, 3.63) is 35.6 Å². The Kier molecular flexibility index (Phi) is 3.55. The molecular formula is C15H21N3O. The van der Waals surface area contributed by atoms with E-state index in [-0.39, 0.29) is 0 Å². The molecule has 2 heterocycles. The second kappa shape index (κ2) is 5.33. The standard InChI is InChI=1S/C15H21N3O/c1-17-4-6-18(7-5-17)10-13-11-19-15-3-2-12(9-16)8-14(13)15/h2-3,8,11H,4-7,9-10,16H2,1H3. The smallest absolute Gasteiger partial charge is 0.134 e. The van der Waals surface area contributed by atoms with E-state index in [2.05, 4.69) is 22.9 Å². The van der Waals surface area contributed by atoms with Gasteiger partial charge in [-0.3, -0.25) is 4.90 Å². The molecule has 1 aromatic heterocycles. The highest BCUT2D eigenvalue weighted by molar-refractivity contribution is 5.81. The molecule has 19 heavy (non-hydrogen) atoms. The Morgan fingerprint density at radius 2 is 2.00 bits per heavy atom. The lowest BCUT2D eigenvalue weighted by molar-refractivity contribution is 0.148. The van der Waals surface area contributed by atoms with Crippen LogP contribution >= 0.6 is 0 Å². The molecule has 0 radical (unpaired) electrons. The van der Waals surface area contributed by atoms with Gasteiger partial charge in [-0.2, -0.15) is 0 Å². The summed E-state index contributed by atoms with van der Waals surface area (Å²) in [6, 6.07) is 6.21.